The number of benzene rings is 2. The molecule has 1 aliphatic rings. The van der Waals surface area contributed by atoms with E-state index in [0.717, 1.165) is 10.6 Å². The summed E-state index contributed by atoms with van der Waals surface area (Å²) in [6.45, 7) is 0. The molecule has 2 aromatic rings. The zero-order valence-corrected chi connectivity index (χ0v) is 13.9. The van der Waals surface area contributed by atoms with E-state index in [4.69, 9.17) is 0 Å². The van der Waals surface area contributed by atoms with Gasteiger partial charge in [0.05, 0.1) is 10.9 Å². The summed E-state index contributed by atoms with van der Waals surface area (Å²) in [4.78, 5) is 36.7. The average Bonchev–Trinajstić information content (AvgIpc) is 2.61. The summed E-state index contributed by atoms with van der Waals surface area (Å²) in [7, 11) is 0. The standard InChI is InChI=1S/C17H16N4O3S/c22-15(20-21-17(24)18-11-6-2-1-3-7-11)10-14-16(23)19-12-8-4-5-9-13(12)25-14/h1-9,14H,10H2,(H,19,23)(H,20,22)(H2,18,21,24). The van der Waals surface area contributed by atoms with E-state index in [0.29, 0.717) is 5.69 Å². The van der Waals surface area contributed by atoms with Crippen LogP contribution >= 0.6 is 11.8 Å². The van der Waals surface area contributed by atoms with E-state index < -0.39 is 17.2 Å². The summed E-state index contributed by atoms with van der Waals surface area (Å²) in [6.07, 6.45) is -0.0452. The topological polar surface area (TPSA) is 99.3 Å². The van der Waals surface area contributed by atoms with Gasteiger partial charge in [0.25, 0.3) is 0 Å². The molecule has 3 rings (SSSR count). The first-order valence-corrected chi connectivity index (χ1v) is 8.47. The number of rotatable bonds is 3. The van der Waals surface area contributed by atoms with Crippen LogP contribution in [0.5, 0.6) is 0 Å². The Kier molecular flexibility index (Phi) is 5.20. The zero-order valence-electron chi connectivity index (χ0n) is 13.1. The highest BCUT2D eigenvalue weighted by Crippen LogP contribution is 2.36. The van der Waals surface area contributed by atoms with E-state index in [9.17, 15) is 14.4 Å². The lowest BCUT2D eigenvalue weighted by Crippen LogP contribution is -2.45. The van der Waals surface area contributed by atoms with Crippen molar-refractivity contribution in [2.75, 3.05) is 10.6 Å². The number of thioether (sulfide) groups is 1. The molecule has 25 heavy (non-hydrogen) atoms. The Hall–Kier alpha value is -3.00. The third-order valence-corrected chi connectivity index (χ3v) is 4.70. The van der Waals surface area contributed by atoms with Crippen molar-refractivity contribution in [2.24, 2.45) is 0 Å². The zero-order chi connectivity index (χ0) is 17.6. The van der Waals surface area contributed by atoms with Crippen LogP contribution in [0.25, 0.3) is 0 Å². The third kappa shape index (κ3) is 4.51. The molecule has 1 aliphatic heterocycles. The van der Waals surface area contributed by atoms with E-state index >= 15 is 0 Å². The molecule has 0 saturated carbocycles. The lowest BCUT2D eigenvalue weighted by molar-refractivity contribution is -0.124. The summed E-state index contributed by atoms with van der Waals surface area (Å²) in [5.74, 6) is -0.678. The number of fused-ring (bicyclic) bond motifs is 1. The highest BCUT2D eigenvalue weighted by Gasteiger charge is 2.28. The number of carbonyl (C=O) groups is 3. The smallest absolute Gasteiger partial charge is 0.324 e. The lowest BCUT2D eigenvalue weighted by Gasteiger charge is -2.23. The van der Waals surface area contributed by atoms with Crippen LogP contribution in [0, 0.1) is 0 Å². The lowest BCUT2D eigenvalue weighted by atomic mass is 10.2. The van der Waals surface area contributed by atoms with Gasteiger partial charge < -0.3 is 10.6 Å². The molecule has 0 aromatic heterocycles. The molecule has 4 N–H and O–H groups in total. The van der Waals surface area contributed by atoms with Gasteiger partial charge in [0.1, 0.15) is 0 Å². The number of hydrogen-bond acceptors (Lipinski definition) is 4. The van der Waals surface area contributed by atoms with E-state index in [-0.39, 0.29) is 12.3 Å². The number of anilines is 2. The van der Waals surface area contributed by atoms with Crippen molar-refractivity contribution in [3.05, 3.63) is 54.6 Å². The fraction of sp³-hybridized carbons (Fsp3) is 0.118. The minimum absolute atomic E-state index is 0.0452. The van der Waals surface area contributed by atoms with Crippen LogP contribution in [-0.2, 0) is 9.59 Å². The molecule has 0 saturated heterocycles. The van der Waals surface area contributed by atoms with Crippen molar-refractivity contribution in [1.82, 2.24) is 10.9 Å². The molecule has 2 aromatic carbocycles. The van der Waals surface area contributed by atoms with Crippen molar-refractivity contribution in [1.29, 1.82) is 0 Å². The first-order chi connectivity index (χ1) is 12.1. The molecule has 1 heterocycles. The second-order valence-corrected chi connectivity index (χ2v) is 6.53. The van der Waals surface area contributed by atoms with Crippen LogP contribution in [0.4, 0.5) is 16.2 Å². The van der Waals surface area contributed by atoms with Gasteiger partial charge in [-0.25, -0.2) is 10.2 Å². The van der Waals surface area contributed by atoms with Gasteiger partial charge in [-0.15, -0.1) is 11.8 Å². The van der Waals surface area contributed by atoms with E-state index in [2.05, 4.69) is 21.5 Å². The first-order valence-electron chi connectivity index (χ1n) is 7.59. The maximum Gasteiger partial charge on any atom is 0.337 e. The summed E-state index contributed by atoms with van der Waals surface area (Å²) < 4.78 is 0. The maximum atomic E-state index is 12.1. The SMILES string of the molecule is O=C(CC1Sc2ccccc2NC1=O)NNC(=O)Nc1ccccc1. The molecule has 0 aliphatic carbocycles. The third-order valence-electron chi connectivity index (χ3n) is 3.42. The fourth-order valence-corrected chi connectivity index (χ4v) is 3.37. The molecular weight excluding hydrogens is 340 g/mol. The van der Waals surface area contributed by atoms with Gasteiger partial charge in [-0.1, -0.05) is 30.3 Å². The minimum atomic E-state index is -0.564. The number of urea groups is 1. The summed E-state index contributed by atoms with van der Waals surface area (Å²) >= 11 is 1.33. The number of carbonyl (C=O) groups excluding carboxylic acids is 3. The average molecular weight is 356 g/mol. The van der Waals surface area contributed by atoms with Crippen LogP contribution in [0.1, 0.15) is 6.42 Å². The summed E-state index contributed by atoms with van der Waals surface area (Å²) in [6, 6.07) is 15.7. The van der Waals surface area contributed by atoms with Crippen molar-refractivity contribution in [3.8, 4) is 0 Å². The Balaban J connectivity index is 1.48. The van der Waals surface area contributed by atoms with Gasteiger partial charge in [-0.3, -0.25) is 15.0 Å². The summed E-state index contributed by atoms with van der Waals surface area (Å²) in [5, 5.41) is 4.80. The molecule has 4 amide bonds. The number of nitrogens with one attached hydrogen (secondary N) is 4. The monoisotopic (exact) mass is 356 g/mol. The number of hydrogen-bond donors (Lipinski definition) is 4. The minimum Gasteiger partial charge on any atom is -0.324 e. The molecule has 0 spiro atoms. The van der Waals surface area contributed by atoms with Gasteiger partial charge in [-0.05, 0) is 24.3 Å². The van der Waals surface area contributed by atoms with Gasteiger partial charge in [-0.2, -0.15) is 0 Å². The largest absolute Gasteiger partial charge is 0.337 e. The van der Waals surface area contributed by atoms with Crippen molar-refractivity contribution < 1.29 is 14.4 Å². The Morgan fingerprint density at radius 3 is 2.52 bits per heavy atom. The highest BCUT2D eigenvalue weighted by atomic mass is 32.2. The Bertz CT molecular complexity index is 797. The quantitative estimate of drug-likeness (QED) is 0.634. The predicted molar refractivity (Wildman–Crippen MR) is 96.1 cm³/mol. The Morgan fingerprint density at radius 1 is 1.00 bits per heavy atom. The van der Waals surface area contributed by atoms with Crippen LogP contribution in [0.2, 0.25) is 0 Å². The number of amides is 4. The molecule has 0 bridgehead atoms. The van der Waals surface area contributed by atoms with Gasteiger partial charge >= 0.3 is 6.03 Å². The van der Waals surface area contributed by atoms with Crippen LogP contribution in [0.3, 0.4) is 0 Å². The maximum absolute atomic E-state index is 12.1. The molecule has 1 atom stereocenters. The van der Waals surface area contributed by atoms with E-state index in [1.807, 2.05) is 30.3 Å². The van der Waals surface area contributed by atoms with Crippen molar-refractivity contribution in [2.45, 2.75) is 16.6 Å². The molecule has 7 nitrogen and oxygen atoms in total. The second-order valence-electron chi connectivity index (χ2n) is 5.29. The number of hydrazine groups is 1. The molecular formula is C17H16N4O3S. The molecule has 1 unspecified atom stereocenters. The van der Waals surface area contributed by atoms with Crippen molar-refractivity contribution in [3.63, 3.8) is 0 Å². The second kappa shape index (κ2) is 7.71. The van der Waals surface area contributed by atoms with E-state index in [1.54, 1.807) is 24.3 Å². The van der Waals surface area contributed by atoms with E-state index in [1.165, 1.54) is 11.8 Å². The Morgan fingerprint density at radius 2 is 1.72 bits per heavy atom. The van der Waals surface area contributed by atoms with Crippen molar-refractivity contribution >= 4 is 41.0 Å². The van der Waals surface area contributed by atoms with Crippen LogP contribution in [0.15, 0.2) is 59.5 Å². The van der Waals surface area contributed by atoms with Gasteiger partial charge in [0.2, 0.25) is 11.8 Å². The Labute approximate surface area is 148 Å². The molecule has 8 heteroatoms. The van der Waals surface area contributed by atoms with Gasteiger partial charge in [0.15, 0.2) is 0 Å². The molecule has 128 valence electrons. The highest BCUT2D eigenvalue weighted by molar-refractivity contribution is 8.01. The van der Waals surface area contributed by atoms with Crippen LogP contribution < -0.4 is 21.5 Å². The predicted octanol–water partition coefficient (Wildman–Crippen LogP) is 2.34. The first kappa shape index (κ1) is 16.8. The number of para-hydroxylation sites is 2. The molecule has 0 fully saturated rings. The van der Waals surface area contributed by atoms with Crippen LogP contribution in [-0.4, -0.2) is 23.1 Å². The summed E-state index contributed by atoms with van der Waals surface area (Å²) in [5.41, 5.74) is 5.91. The fourth-order valence-electron chi connectivity index (χ4n) is 2.26. The normalized spacial score (nSPS) is 15.5. The van der Waals surface area contributed by atoms with Gasteiger partial charge in [0, 0.05) is 17.0 Å². The molecule has 0 radical (unpaired) electrons.